The Hall–Kier alpha value is -3.07. The van der Waals surface area contributed by atoms with Gasteiger partial charge in [-0.2, -0.15) is 0 Å². The monoisotopic (exact) mass is 437 g/mol. The number of methoxy groups -OCH3 is 1. The van der Waals surface area contributed by atoms with Crippen LogP contribution < -0.4 is 9.47 Å². The first-order valence-corrected chi connectivity index (χ1v) is 9.66. The Morgan fingerprint density at radius 2 is 2.00 bits per heavy atom. The molecule has 1 heterocycles. The molecule has 1 N–H and O–H groups in total. The minimum absolute atomic E-state index is 0.162. The molecule has 0 aliphatic heterocycles. The van der Waals surface area contributed by atoms with Gasteiger partial charge in [-0.25, -0.2) is 4.98 Å². The van der Waals surface area contributed by atoms with Crippen LogP contribution in [0.4, 0.5) is 13.2 Å². The van der Waals surface area contributed by atoms with Crippen molar-refractivity contribution < 1.29 is 32.5 Å². The van der Waals surface area contributed by atoms with Crippen molar-refractivity contribution in [3.63, 3.8) is 0 Å². The van der Waals surface area contributed by atoms with Gasteiger partial charge in [-0.1, -0.05) is 24.3 Å². The van der Waals surface area contributed by atoms with Crippen LogP contribution in [-0.2, 0) is 4.79 Å². The lowest BCUT2D eigenvalue weighted by molar-refractivity contribution is -0.274. The third-order valence-electron chi connectivity index (χ3n) is 4.32. The van der Waals surface area contributed by atoms with Crippen molar-refractivity contribution >= 4 is 17.3 Å². The molecule has 3 aromatic rings. The van der Waals surface area contributed by atoms with Crippen LogP contribution in [0.3, 0.4) is 0 Å². The van der Waals surface area contributed by atoms with E-state index in [-0.39, 0.29) is 12.2 Å². The van der Waals surface area contributed by atoms with Gasteiger partial charge in [-0.15, -0.1) is 24.5 Å². The normalized spacial score (nSPS) is 12.4. The molecule has 0 amide bonds. The van der Waals surface area contributed by atoms with Gasteiger partial charge in [-0.05, 0) is 36.2 Å². The van der Waals surface area contributed by atoms with Gasteiger partial charge in [0.05, 0.1) is 13.5 Å². The molecule has 0 bridgehead atoms. The average molecular weight is 437 g/mol. The summed E-state index contributed by atoms with van der Waals surface area (Å²) in [6, 6.07) is 10.7. The molecule has 30 heavy (non-hydrogen) atoms. The Morgan fingerprint density at radius 3 is 2.60 bits per heavy atom. The van der Waals surface area contributed by atoms with Crippen molar-refractivity contribution in [1.29, 1.82) is 0 Å². The van der Waals surface area contributed by atoms with Gasteiger partial charge in [0.2, 0.25) is 0 Å². The lowest BCUT2D eigenvalue weighted by Gasteiger charge is -2.16. The van der Waals surface area contributed by atoms with E-state index in [1.807, 2.05) is 6.92 Å². The summed E-state index contributed by atoms with van der Waals surface area (Å²) in [5.74, 6) is -1.47. The van der Waals surface area contributed by atoms with Gasteiger partial charge < -0.3 is 14.6 Å². The van der Waals surface area contributed by atoms with Crippen LogP contribution in [0, 0.1) is 6.92 Å². The smallest absolute Gasteiger partial charge is 0.496 e. The Labute approximate surface area is 174 Å². The number of carboxylic acid groups (broad SMARTS) is 1. The summed E-state index contributed by atoms with van der Waals surface area (Å²) >= 11 is 1.41. The highest BCUT2D eigenvalue weighted by Gasteiger charge is 2.31. The Bertz CT molecular complexity index is 1050. The predicted molar refractivity (Wildman–Crippen MR) is 106 cm³/mol. The van der Waals surface area contributed by atoms with E-state index in [1.165, 1.54) is 36.6 Å². The van der Waals surface area contributed by atoms with Gasteiger partial charge in [0, 0.05) is 22.6 Å². The SMILES string of the molecule is COc1ccc(OC(F)(F)F)cc1-c1cccc(C(CC(=O)O)c2ncc(C)s2)c1. The molecule has 0 fully saturated rings. The second-order valence-electron chi connectivity index (χ2n) is 6.49. The fourth-order valence-electron chi connectivity index (χ4n) is 3.09. The average Bonchev–Trinajstić information content (AvgIpc) is 3.11. The van der Waals surface area contributed by atoms with Crippen molar-refractivity contribution in [2.45, 2.75) is 25.6 Å². The number of aromatic nitrogens is 1. The molecule has 0 saturated heterocycles. The molecule has 0 aliphatic carbocycles. The highest BCUT2D eigenvalue weighted by Crippen LogP contribution is 2.38. The number of aliphatic carboxylic acids is 1. The molecule has 9 heteroatoms. The van der Waals surface area contributed by atoms with E-state index in [0.29, 0.717) is 27.4 Å². The van der Waals surface area contributed by atoms with E-state index in [2.05, 4.69) is 9.72 Å². The minimum atomic E-state index is -4.82. The summed E-state index contributed by atoms with van der Waals surface area (Å²) in [5.41, 5.74) is 1.65. The van der Waals surface area contributed by atoms with E-state index >= 15 is 0 Å². The minimum Gasteiger partial charge on any atom is -0.496 e. The molecule has 5 nitrogen and oxygen atoms in total. The zero-order chi connectivity index (χ0) is 21.9. The molecule has 2 aromatic carbocycles. The predicted octanol–water partition coefficient (Wildman–Crippen LogP) is 5.63. The fourth-order valence-corrected chi connectivity index (χ4v) is 3.99. The molecule has 1 unspecified atom stereocenters. The third-order valence-corrected chi connectivity index (χ3v) is 5.35. The molecule has 158 valence electrons. The first-order valence-electron chi connectivity index (χ1n) is 8.84. The zero-order valence-electron chi connectivity index (χ0n) is 16.1. The van der Waals surface area contributed by atoms with Crippen LogP contribution in [0.2, 0.25) is 0 Å². The molecular formula is C21H18F3NO4S. The van der Waals surface area contributed by atoms with Crippen LogP contribution in [0.25, 0.3) is 11.1 Å². The van der Waals surface area contributed by atoms with Gasteiger partial charge in [0.25, 0.3) is 0 Å². The van der Waals surface area contributed by atoms with Crippen molar-refractivity contribution in [2.75, 3.05) is 7.11 Å². The molecule has 0 aliphatic rings. The van der Waals surface area contributed by atoms with E-state index in [1.54, 1.807) is 30.5 Å². The number of carbonyl (C=O) groups is 1. The maximum Gasteiger partial charge on any atom is 0.573 e. The van der Waals surface area contributed by atoms with Crippen LogP contribution in [0.1, 0.15) is 27.8 Å². The summed E-state index contributed by atoms with van der Waals surface area (Å²) in [4.78, 5) is 16.7. The molecule has 0 spiro atoms. The first-order chi connectivity index (χ1) is 14.2. The molecule has 1 atom stereocenters. The number of hydrogen-bond acceptors (Lipinski definition) is 5. The summed E-state index contributed by atoms with van der Waals surface area (Å²) in [6.45, 7) is 1.88. The molecular weight excluding hydrogens is 419 g/mol. The number of rotatable bonds is 7. The number of alkyl halides is 3. The number of benzene rings is 2. The number of halogens is 3. The van der Waals surface area contributed by atoms with E-state index in [9.17, 15) is 23.1 Å². The number of thiazole rings is 1. The quantitative estimate of drug-likeness (QED) is 0.519. The summed E-state index contributed by atoms with van der Waals surface area (Å²) in [6.07, 6.45) is -3.30. The number of nitrogens with zero attached hydrogens (tertiary/aromatic N) is 1. The van der Waals surface area contributed by atoms with Crippen molar-refractivity contribution in [3.8, 4) is 22.6 Å². The maximum atomic E-state index is 12.6. The Morgan fingerprint density at radius 1 is 1.23 bits per heavy atom. The van der Waals surface area contributed by atoms with E-state index in [4.69, 9.17) is 4.74 Å². The number of aryl methyl sites for hydroxylation is 1. The fraction of sp³-hybridized carbons (Fsp3) is 0.238. The van der Waals surface area contributed by atoms with Gasteiger partial charge in [-0.3, -0.25) is 4.79 Å². The summed E-state index contributed by atoms with van der Waals surface area (Å²) in [7, 11) is 1.42. The van der Waals surface area contributed by atoms with E-state index in [0.717, 1.165) is 4.88 Å². The van der Waals surface area contributed by atoms with Crippen LogP contribution >= 0.6 is 11.3 Å². The Kier molecular flexibility index (Phi) is 6.31. The van der Waals surface area contributed by atoms with Gasteiger partial charge >= 0.3 is 12.3 Å². The number of ether oxygens (including phenoxy) is 2. The molecule has 3 rings (SSSR count). The van der Waals surface area contributed by atoms with Crippen molar-refractivity contribution in [1.82, 2.24) is 4.98 Å². The maximum absolute atomic E-state index is 12.6. The van der Waals surface area contributed by atoms with Crippen LogP contribution in [0.15, 0.2) is 48.7 Å². The highest BCUT2D eigenvalue weighted by atomic mass is 32.1. The van der Waals surface area contributed by atoms with Crippen LogP contribution in [0.5, 0.6) is 11.5 Å². The first kappa shape index (κ1) is 21.6. The van der Waals surface area contributed by atoms with Gasteiger partial charge in [0.15, 0.2) is 0 Å². The number of hydrogen-bond donors (Lipinski definition) is 1. The van der Waals surface area contributed by atoms with E-state index < -0.39 is 18.2 Å². The lowest BCUT2D eigenvalue weighted by Crippen LogP contribution is -2.17. The second-order valence-corrected chi connectivity index (χ2v) is 7.76. The van der Waals surface area contributed by atoms with Gasteiger partial charge in [0.1, 0.15) is 16.5 Å². The zero-order valence-corrected chi connectivity index (χ0v) is 16.9. The van der Waals surface area contributed by atoms with Crippen molar-refractivity contribution in [3.05, 3.63) is 64.1 Å². The van der Waals surface area contributed by atoms with Crippen LogP contribution in [-0.4, -0.2) is 29.5 Å². The number of carboxylic acids is 1. The highest BCUT2D eigenvalue weighted by molar-refractivity contribution is 7.11. The topological polar surface area (TPSA) is 68.7 Å². The lowest BCUT2D eigenvalue weighted by atomic mass is 9.92. The largest absolute Gasteiger partial charge is 0.573 e. The van der Waals surface area contributed by atoms with Crippen molar-refractivity contribution in [2.24, 2.45) is 0 Å². The molecule has 0 saturated carbocycles. The summed E-state index contributed by atoms with van der Waals surface area (Å²) < 4.78 is 47.2. The standard InChI is InChI=1S/C21H18F3NO4S/c1-12-11-25-20(30-12)17(10-19(26)27)14-5-3-4-13(8-14)16-9-15(29-21(22,23)24)6-7-18(16)28-2/h3-9,11,17H,10H2,1-2H3,(H,26,27). The molecule has 1 aromatic heterocycles. The second kappa shape index (κ2) is 8.74. The Balaban J connectivity index is 2.05. The molecule has 0 radical (unpaired) electrons. The summed E-state index contributed by atoms with van der Waals surface area (Å²) in [5, 5.41) is 10.0. The third kappa shape index (κ3) is 5.29.